The Labute approximate surface area is 127 Å². The van der Waals surface area contributed by atoms with Gasteiger partial charge in [-0.05, 0) is 40.8 Å². The third-order valence-corrected chi connectivity index (χ3v) is 3.05. The van der Waals surface area contributed by atoms with E-state index in [1.165, 1.54) is 12.3 Å². The summed E-state index contributed by atoms with van der Waals surface area (Å²) in [6.45, 7) is 0.165. The number of carbonyl (C=O) groups is 2. The second-order valence-corrected chi connectivity index (χ2v) is 5.03. The fraction of sp³-hybridized carbons (Fsp3) is 0.0833. The SMILES string of the molecule is O=C(NCc1ccno1)Nc1ccc(I)cc1C(=O)O. The first-order valence-electron chi connectivity index (χ1n) is 5.53. The Morgan fingerprint density at radius 3 is 2.80 bits per heavy atom. The number of nitrogens with one attached hydrogen (secondary N) is 2. The zero-order valence-electron chi connectivity index (χ0n) is 10.1. The van der Waals surface area contributed by atoms with Crippen LogP contribution in [0, 0.1) is 3.57 Å². The minimum Gasteiger partial charge on any atom is -0.478 e. The second-order valence-electron chi connectivity index (χ2n) is 3.78. The van der Waals surface area contributed by atoms with Crippen molar-refractivity contribution in [3.05, 3.63) is 45.4 Å². The number of amides is 2. The van der Waals surface area contributed by atoms with Gasteiger partial charge in [0.15, 0.2) is 5.76 Å². The molecule has 0 fully saturated rings. The molecule has 1 aromatic heterocycles. The molecule has 0 aliphatic heterocycles. The number of carbonyl (C=O) groups excluding carboxylic acids is 1. The van der Waals surface area contributed by atoms with E-state index in [0.29, 0.717) is 5.76 Å². The van der Waals surface area contributed by atoms with E-state index in [2.05, 4.69) is 15.8 Å². The van der Waals surface area contributed by atoms with Crippen LogP contribution in [-0.4, -0.2) is 22.3 Å². The van der Waals surface area contributed by atoms with E-state index in [1.54, 1.807) is 18.2 Å². The van der Waals surface area contributed by atoms with Gasteiger partial charge in [0, 0.05) is 9.64 Å². The number of anilines is 1. The maximum Gasteiger partial charge on any atom is 0.337 e. The van der Waals surface area contributed by atoms with Crippen molar-refractivity contribution in [3.8, 4) is 0 Å². The van der Waals surface area contributed by atoms with E-state index in [9.17, 15) is 9.59 Å². The number of carboxylic acid groups (broad SMARTS) is 1. The molecule has 0 aliphatic rings. The molecule has 3 N–H and O–H groups in total. The highest BCUT2D eigenvalue weighted by Gasteiger charge is 2.13. The summed E-state index contributed by atoms with van der Waals surface area (Å²) >= 11 is 2.00. The monoisotopic (exact) mass is 387 g/mol. The highest BCUT2D eigenvalue weighted by atomic mass is 127. The predicted octanol–water partition coefficient (Wildman–Crippen LogP) is 2.30. The van der Waals surface area contributed by atoms with Crippen molar-refractivity contribution in [2.75, 3.05) is 5.32 Å². The lowest BCUT2D eigenvalue weighted by molar-refractivity contribution is 0.0698. The molecule has 2 aromatic rings. The molecule has 7 nitrogen and oxygen atoms in total. The van der Waals surface area contributed by atoms with Crippen molar-refractivity contribution >= 4 is 40.3 Å². The average molecular weight is 387 g/mol. The van der Waals surface area contributed by atoms with Crippen LogP contribution < -0.4 is 10.6 Å². The number of hydrogen-bond donors (Lipinski definition) is 3. The van der Waals surface area contributed by atoms with Gasteiger partial charge in [-0.1, -0.05) is 5.16 Å². The molecule has 1 aromatic carbocycles. The molecule has 1 heterocycles. The van der Waals surface area contributed by atoms with E-state index in [0.717, 1.165) is 3.57 Å². The third-order valence-electron chi connectivity index (χ3n) is 2.37. The summed E-state index contributed by atoms with van der Waals surface area (Å²) in [7, 11) is 0. The summed E-state index contributed by atoms with van der Waals surface area (Å²) in [5.74, 6) is -0.602. The van der Waals surface area contributed by atoms with Gasteiger partial charge in [-0.2, -0.15) is 0 Å². The fourth-order valence-electron chi connectivity index (χ4n) is 1.47. The van der Waals surface area contributed by atoms with Crippen molar-refractivity contribution in [1.82, 2.24) is 10.5 Å². The van der Waals surface area contributed by atoms with Gasteiger partial charge in [0.25, 0.3) is 0 Å². The second kappa shape index (κ2) is 6.37. The normalized spacial score (nSPS) is 10.1. The Morgan fingerprint density at radius 1 is 1.35 bits per heavy atom. The topological polar surface area (TPSA) is 104 Å². The summed E-state index contributed by atoms with van der Waals surface area (Å²) in [6, 6.07) is 5.83. The molecule has 0 saturated heterocycles. The molecule has 0 spiro atoms. The lowest BCUT2D eigenvalue weighted by Gasteiger charge is -2.09. The van der Waals surface area contributed by atoms with Crippen LogP contribution in [0.15, 0.2) is 35.0 Å². The summed E-state index contributed by atoms with van der Waals surface area (Å²) in [5.41, 5.74) is 0.264. The average Bonchev–Trinajstić information content (AvgIpc) is 2.91. The molecule has 0 saturated carbocycles. The number of nitrogens with zero attached hydrogens (tertiary/aromatic N) is 1. The molecular formula is C12H10IN3O4. The molecule has 104 valence electrons. The Kier molecular flexibility index (Phi) is 4.56. The highest BCUT2D eigenvalue weighted by Crippen LogP contribution is 2.18. The first-order chi connectivity index (χ1) is 9.56. The number of benzene rings is 1. The number of urea groups is 1. The summed E-state index contributed by atoms with van der Waals surface area (Å²) in [5, 5.41) is 17.6. The van der Waals surface area contributed by atoms with Gasteiger partial charge in [0.05, 0.1) is 24.0 Å². The number of hydrogen-bond acceptors (Lipinski definition) is 4. The summed E-state index contributed by atoms with van der Waals surface area (Å²) in [6.07, 6.45) is 1.47. The lowest BCUT2D eigenvalue weighted by Crippen LogP contribution is -2.28. The van der Waals surface area contributed by atoms with Gasteiger partial charge in [0.1, 0.15) is 0 Å². The molecule has 0 atom stereocenters. The smallest absolute Gasteiger partial charge is 0.337 e. The van der Waals surface area contributed by atoms with Crippen molar-refractivity contribution < 1.29 is 19.2 Å². The fourth-order valence-corrected chi connectivity index (χ4v) is 1.96. The van der Waals surface area contributed by atoms with Crippen LogP contribution in [0.4, 0.5) is 10.5 Å². The van der Waals surface area contributed by atoms with Crippen LogP contribution in [0.25, 0.3) is 0 Å². The van der Waals surface area contributed by atoms with Crippen LogP contribution in [0.1, 0.15) is 16.1 Å². The molecule has 0 unspecified atom stereocenters. The van der Waals surface area contributed by atoms with Crippen molar-refractivity contribution in [3.63, 3.8) is 0 Å². The predicted molar refractivity (Wildman–Crippen MR) is 78.5 cm³/mol. The molecule has 0 bridgehead atoms. The van der Waals surface area contributed by atoms with Crippen LogP contribution in [0.2, 0.25) is 0 Å². The van der Waals surface area contributed by atoms with E-state index in [-0.39, 0.29) is 17.8 Å². The molecule has 8 heteroatoms. The van der Waals surface area contributed by atoms with Crippen LogP contribution >= 0.6 is 22.6 Å². The molecule has 2 rings (SSSR count). The summed E-state index contributed by atoms with van der Waals surface area (Å²) in [4.78, 5) is 22.8. The third kappa shape index (κ3) is 3.70. The maximum atomic E-state index is 11.7. The van der Waals surface area contributed by atoms with Crippen molar-refractivity contribution in [2.24, 2.45) is 0 Å². The number of rotatable bonds is 4. The number of aromatic nitrogens is 1. The van der Waals surface area contributed by atoms with Gasteiger partial charge in [-0.25, -0.2) is 9.59 Å². The molecule has 20 heavy (non-hydrogen) atoms. The lowest BCUT2D eigenvalue weighted by atomic mass is 10.2. The zero-order chi connectivity index (χ0) is 14.5. The van der Waals surface area contributed by atoms with E-state index in [1.807, 2.05) is 22.6 Å². The largest absolute Gasteiger partial charge is 0.478 e. The van der Waals surface area contributed by atoms with Crippen LogP contribution in [0.5, 0.6) is 0 Å². The molecular weight excluding hydrogens is 377 g/mol. The first-order valence-corrected chi connectivity index (χ1v) is 6.61. The maximum absolute atomic E-state index is 11.7. The van der Waals surface area contributed by atoms with Gasteiger partial charge in [-0.3, -0.25) is 0 Å². The Hall–Kier alpha value is -2.10. The Bertz CT molecular complexity index is 628. The van der Waals surface area contributed by atoms with Crippen LogP contribution in [-0.2, 0) is 6.54 Å². The minimum absolute atomic E-state index is 0.0340. The van der Waals surface area contributed by atoms with Gasteiger partial charge in [-0.15, -0.1) is 0 Å². The minimum atomic E-state index is -1.10. The zero-order valence-corrected chi connectivity index (χ0v) is 12.2. The molecule has 2 amide bonds. The quantitative estimate of drug-likeness (QED) is 0.699. The van der Waals surface area contributed by atoms with E-state index in [4.69, 9.17) is 9.63 Å². The number of carboxylic acids is 1. The number of aromatic carboxylic acids is 1. The Balaban J connectivity index is 2.02. The summed E-state index contributed by atoms with van der Waals surface area (Å²) < 4.78 is 5.60. The van der Waals surface area contributed by atoms with Crippen molar-refractivity contribution in [2.45, 2.75) is 6.54 Å². The van der Waals surface area contributed by atoms with E-state index < -0.39 is 12.0 Å². The van der Waals surface area contributed by atoms with Crippen molar-refractivity contribution in [1.29, 1.82) is 0 Å². The van der Waals surface area contributed by atoms with Gasteiger partial charge < -0.3 is 20.3 Å². The standard InChI is InChI=1S/C12H10IN3O4/c13-7-1-2-10(9(5-7)11(17)18)16-12(19)14-6-8-3-4-15-20-8/h1-5H,6H2,(H,17,18)(H2,14,16,19). The Morgan fingerprint density at radius 2 is 2.15 bits per heavy atom. The highest BCUT2D eigenvalue weighted by molar-refractivity contribution is 14.1. The molecule has 0 radical (unpaired) electrons. The van der Waals surface area contributed by atoms with Gasteiger partial charge >= 0.3 is 12.0 Å². The van der Waals surface area contributed by atoms with E-state index >= 15 is 0 Å². The van der Waals surface area contributed by atoms with Gasteiger partial charge in [0.2, 0.25) is 0 Å². The number of halogens is 1. The first kappa shape index (κ1) is 14.3. The molecule has 0 aliphatic carbocycles. The van der Waals surface area contributed by atoms with Crippen LogP contribution in [0.3, 0.4) is 0 Å².